The minimum absolute atomic E-state index is 0. The first-order valence-electron chi connectivity index (χ1n) is 9.15. The summed E-state index contributed by atoms with van der Waals surface area (Å²) in [6.45, 7) is 11.8. The zero-order valence-corrected chi connectivity index (χ0v) is 21.5. The van der Waals surface area contributed by atoms with Crippen molar-refractivity contribution in [3.63, 3.8) is 0 Å². The smallest absolute Gasteiger partial charge is 1.00 e. The molecule has 0 fully saturated rings. The Morgan fingerprint density at radius 1 is 0.962 bits per heavy atom. The Labute approximate surface area is 192 Å². The van der Waals surface area contributed by atoms with Crippen LogP contribution in [0.25, 0.3) is 0 Å². The van der Waals surface area contributed by atoms with Crippen LogP contribution in [0.2, 0.25) is 12.6 Å². The van der Waals surface area contributed by atoms with Crippen LogP contribution in [0.15, 0.2) is 38.9 Å². The van der Waals surface area contributed by atoms with Gasteiger partial charge in [-0.05, 0) is 0 Å². The monoisotopic (exact) mass is 464 g/mol. The summed E-state index contributed by atoms with van der Waals surface area (Å²) in [4.78, 5) is 0. The molecule has 1 aliphatic rings. The summed E-state index contributed by atoms with van der Waals surface area (Å²) in [5.41, 5.74) is 4.55. The van der Waals surface area contributed by atoms with Gasteiger partial charge in [0, 0.05) is 0 Å². The van der Waals surface area contributed by atoms with Gasteiger partial charge in [0.1, 0.15) is 0 Å². The van der Waals surface area contributed by atoms with E-state index in [0.29, 0.717) is 0 Å². The molecule has 0 aromatic heterocycles. The molecule has 0 nitrogen and oxygen atoms in total. The van der Waals surface area contributed by atoms with Gasteiger partial charge < -0.3 is 37.2 Å². The minimum Gasteiger partial charge on any atom is -1.00 e. The fourth-order valence-corrected chi connectivity index (χ4v) is 9.24. The van der Waals surface area contributed by atoms with E-state index in [-0.39, 0.29) is 37.2 Å². The Balaban J connectivity index is 0. The number of aryl methyl sites for hydroxylation is 2. The van der Waals surface area contributed by atoms with Crippen molar-refractivity contribution in [2.75, 3.05) is 0 Å². The second kappa shape index (κ2) is 12.9. The first kappa shape index (κ1) is 28.7. The van der Waals surface area contributed by atoms with Crippen LogP contribution >= 0.6 is 0 Å². The van der Waals surface area contributed by atoms with Gasteiger partial charge in [-0.2, -0.15) is 0 Å². The molecule has 0 aliphatic heterocycles. The zero-order valence-electron chi connectivity index (χ0n) is 16.7. The molecule has 1 aromatic rings. The van der Waals surface area contributed by atoms with E-state index in [1.807, 2.05) is 0 Å². The molecule has 26 heavy (non-hydrogen) atoms. The fourth-order valence-electron chi connectivity index (χ4n) is 3.97. The molecule has 0 N–H and O–H groups in total. The molecule has 0 bridgehead atoms. The number of hydrogen-bond donors (Lipinski definition) is 0. The van der Waals surface area contributed by atoms with Crippen molar-refractivity contribution in [3.05, 3.63) is 50.0 Å². The van der Waals surface area contributed by atoms with Gasteiger partial charge in [0.05, 0.1) is 0 Å². The maximum atomic E-state index is 2.62. The SMILES string of the molecule is CCCC[Si](C)(C1=CC[C]([Ti+3])=C1CCC)c1cc(C)cc(C)c1.[Cl-].[Cl-].[Cl-]. The first-order valence-corrected chi connectivity index (χ1v) is 12.6. The molecule has 0 radical (unpaired) electrons. The van der Waals surface area contributed by atoms with Crippen LogP contribution in [0.4, 0.5) is 0 Å². The van der Waals surface area contributed by atoms with E-state index in [0.717, 1.165) is 0 Å². The van der Waals surface area contributed by atoms with Gasteiger partial charge in [-0.15, -0.1) is 0 Å². The van der Waals surface area contributed by atoms with E-state index in [9.17, 15) is 0 Å². The van der Waals surface area contributed by atoms with Gasteiger partial charge in [0.25, 0.3) is 0 Å². The topological polar surface area (TPSA) is 0 Å². The average molecular weight is 466 g/mol. The Hall–Kier alpha value is 0.501. The number of unbranched alkanes of at least 4 members (excludes halogenated alkanes) is 1. The molecule has 1 aromatic carbocycles. The standard InChI is InChI=1S/C21H31Si.3ClH.Ti/c1-6-8-13-22(5,20-15-17(3)14-18(4)16-20)21-12-9-11-19(21)10-7-2;;;;/h12,14-16H,6-10,13H2,1-5H3;3*1H;/q;;;;+3/p-3. The van der Waals surface area contributed by atoms with Gasteiger partial charge in [0.15, 0.2) is 0 Å². The number of halogens is 3. The first-order chi connectivity index (χ1) is 10.9. The molecule has 0 saturated carbocycles. The summed E-state index contributed by atoms with van der Waals surface area (Å²) in [6.07, 6.45) is 8.94. The average Bonchev–Trinajstić information content (AvgIpc) is 2.86. The van der Waals surface area contributed by atoms with Crippen molar-refractivity contribution >= 4 is 13.3 Å². The summed E-state index contributed by atoms with van der Waals surface area (Å²) >= 11 is 2.35. The summed E-state index contributed by atoms with van der Waals surface area (Å²) < 4.78 is 1.63. The van der Waals surface area contributed by atoms with E-state index in [1.165, 1.54) is 49.3 Å². The summed E-state index contributed by atoms with van der Waals surface area (Å²) in [7, 11) is -1.62. The quantitative estimate of drug-likeness (QED) is 0.374. The number of benzene rings is 1. The van der Waals surface area contributed by atoms with Gasteiger partial charge in [-0.25, -0.2) is 0 Å². The van der Waals surface area contributed by atoms with Crippen LogP contribution in [0, 0.1) is 13.8 Å². The minimum atomic E-state index is -1.62. The van der Waals surface area contributed by atoms with Crippen molar-refractivity contribution in [3.8, 4) is 0 Å². The van der Waals surface area contributed by atoms with Gasteiger partial charge in [-0.1, -0.05) is 0 Å². The molecule has 0 heterocycles. The van der Waals surface area contributed by atoms with Gasteiger partial charge in [-0.3, -0.25) is 0 Å². The van der Waals surface area contributed by atoms with Gasteiger partial charge >= 0.3 is 156 Å². The molecule has 5 heteroatoms. The van der Waals surface area contributed by atoms with E-state index >= 15 is 0 Å². The van der Waals surface area contributed by atoms with Crippen LogP contribution in [-0.2, 0) is 20.4 Å². The van der Waals surface area contributed by atoms with Crippen LogP contribution < -0.4 is 42.4 Å². The Bertz CT molecular complexity index is 620. The molecular weight excluding hydrogens is 435 g/mol. The normalized spacial score (nSPS) is 15.4. The predicted octanol–water partition coefficient (Wildman–Crippen LogP) is -3.13. The van der Waals surface area contributed by atoms with Crippen LogP contribution in [0.3, 0.4) is 0 Å². The van der Waals surface area contributed by atoms with E-state index < -0.39 is 8.07 Å². The maximum Gasteiger partial charge on any atom is -1.00 e. The third-order valence-corrected chi connectivity index (χ3v) is 10.6. The summed E-state index contributed by atoms with van der Waals surface area (Å²) in [6, 6.07) is 8.66. The molecular formula is C21H31Cl3SiTi. The van der Waals surface area contributed by atoms with Crippen LogP contribution in [0.1, 0.15) is 57.1 Å². The van der Waals surface area contributed by atoms with E-state index in [1.54, 1.807) is 19.8 Å². The fraction of sp³-hybridized carbons (Fsp3) is 0.524. The van der Waals surface area contributed by atoms with Crippen molar-refractivity contribution in [2.45, 2.75) is 72.4 Å². The van der Waals surface area contributed by atoms with Gasteiger partial charge in [0.2, 0.25) is 0 Å². The molecule has 0 amide bonds. The van der Waals surface area contributed by atoms with E-state index in [2.05, 4.69) is 79.0 Å². The second-order valence-electron chi connectivity index (χ2n) is 7.34. The molecule has 1 atom stereocenters. The summed E-state index contributed by atoms with van der Waals surface area (Å²) in [5, 5.41) is 3.41. The third kappa shape index (κ3) is 6.54. The molecule has 1 aliphatic carbocycles. The van der Waals surface area contributed by atoms with Crippen molar-refractivity contribution in [1.82, 2.24) is 0 Å². The van der Waals surface area contributed by atoms with E-state index in [4.69, 9.17) is 0 Å². The summed E-state index contributed by atoms with van der Waals surface area (Å²) in [5.74, 6) is 0. The van der Waals surface area contributed by atoms with Crippen LogP contribution in [0.5, 0.6) is 0 Å². The molecule has 144 valence electrons. The second-order valence-corrected chi connectivity index (χ2v) is 12.6. The zero-order chi connectivity index (χ0) is 17.0. The number of rotatable bonds is 7. The predicted molar refractivity (Wildman–Crippen MR) is 102 cm³/mol. The largest absolute Gasteiger partial charge is 1.00 e. The molecule has 0 saturated heterocycles. The van der Waals surface area contributed by atoms with Crippen molar-refractivity contribution in [1.29, 1.82) is 0 Å². The Kier molecular flexibility index (Phi) is 14.2. The third-order valence-electron chi connectivity index (χ3n) is 5.18. The molecule has 1 unspecified atom stereocenters. The number of allylic oxidation sites excluding steroid dienone is 4. The van der Waals surface area contributed by atoms with Crippen LogP contribution in [-0.4, -0.2) is 8.07 Å². The Morgan fingerprint density at radius 2 is 1.54 bits per heavy atom. The van der Waals surface area contributed by atoms with Crippen molar-refractivity contribution in [2.24, 2.45) is 0 Å². The maximum absolute atomic E-state index is 2.62. The Morgan fingerprint density at radius 3 is 2.04 bits per heavy atom. The molecule has 0 spiro atoms. The number of hydrogen-bond acceptors (Lipinski definition) is 0. The molecule has 2 rings (SSSR count). The van der Waals surface area contributed by atoms with Crippen molar-refractivity contribution < 1.29 is 57.7 Å².